The number of aryl methyl sites for hydroxylation is 2. The minimum atomic E-state index is 0.657. The first-order valence-electron chi connectivity index (χ1n) is 12.8. The Bertz CT molecular complexity index is 1370. The normalized spacial score (nSPS) is 14.2. The maximum Gasteiger partial charge on any atom is 0.220 e. The molecule has 1 aromatic carbocycles. The van der Waals surface area contributed by atoms with Gasteiger partial charge in [0, 0.05) is 61.4 Å². The van der Waals surface area contributed by atoms with Gasteiger partial charge in [0.1, 0.15) is 0 Å². The summed E-state index contributed by atoms with van der Waals surface area (Å²) in [6, 6.07) is 8.66. The van der Waals surface area contributed by atoms with Crippen LogP contribution in [0.3, 0.4) is 0 Å². The van der Waals surface area contributed by atoms with Gasteiger partial charge in [0.25, 0.3) is 0 Å². The first-order chi connectivity index (χ1) is 18.1. The number of hydrogen-bond acceptors (Lipinski definition) is 2. The summed E-state index contributed by atoms with van der Waals surface area (Å²) in [6.45, 7) is 17.7. The minimum absolute atomic E-state index is 0.657. The Hall–Kier alpha value is -4.19. The molecule has 0 aliphatic carbocycles. The fraction of sp³-hybridized carbons (Fsp3) is 0.258. The van der Waals surface area contributed by atoms with E-state index >= 15 is 0 Å². The number of guanidine groups is 1. The zero-order valence-corrected chi connectivity index (χ0v) is 22.2. The van der Waals surface area contributed by atoms with Crippen LogP contribution in [0.15, 0.2) is 78.4 Å². The molecule has 3 aromatic rings. The lowest BCUT2D eigenvalue weighted by atomic mass is 9.94. The van der Waals surface area contributed by atoms with Gasteiger partial charge in [0.15, 0.2) is 0 Å². The Morgan fingerprint density at radius 2 is 1.86 bits per heavy atom. The molecule has 0 atom stereocenters. The van der Waals surface area contributed by atoms with Crippen molar-refractivity contribution in [2.24, 2.45) is 9.98 Å². The van der Waals surface area contributed by atoms with E-state index in [2.05, 4.69) is 88.5 Å². The number of aliphatic imine (C=N–C) groups is 2. The third-order valence-electron chi connectivity index (χ3n) is 6.80. The maximum atomic E-state index is 5.27. The number of allylic oxidation sites excluding steroid dienone is 3. The summed E-state index contributed by atoms with van der Waals surface area (Å²) >= 11 is 0. The molecule has 0 radical (unpaired) electrons. The molecule has 6 nitrogen and oxygen atoms in total. The molecule has 2 aromatic heterocycles. The van der Waals surface area contributed by atoms with E-state index in [1.807, 2.05) is 18.3 Å². The second kappa shape index (κ2) is 11.7. The highest BCUT2D eigenvalue weighted by atomic mass is 15.3. The molecule has 37 heavy (non-hydrogen) atoms. The molecule has 6 heteroatoms. The van der Waals surface area contributed by atoms with Gasteiger partial charge in [0.05, 0.1) is 17.1 Å². The van der Waals surface area contributed by atoms with Crippen LogP contribution in [0.1, 0.15) is 53.2 Å². The third kappa shape index (κ3) is 4.92. The molecule has 0 fully saturated rings. The molecule has 0 amide bonds. The van der Waals surface area contributed by atoms with E-state index in [0.29, 0.717) is 12.5 Å². The summed E-state index contributed by atoms with van der Waals surface area (Å²) in [7, 11) is 1.78. The largest absolute Gasteiger partial charge is 0.361 e. The number of nitrogens with one attached hydrogen (secondary N) is 1. The molecular formula is C31H36N6. The lowest BCUT2D eigenvalue weighted by Gasteiger charge is -2.28. The van der Waals surface area contributed by atoms with Crippen LogP contribution >= 0.6 is 0 Å². The van der Waals surface area contributed by atoms with Crippen molar-refractivity contribution >= 4 is 23.8 Å². The van der Waals surface area contributed by atoms with Crippen molar-refractivity contribution in [1.82, 2.24) is 19.7 Å². The fourth-order valence-corrected chi connectivity index (χ4v) is 5.07. The Morgan fingerprint density at radius 1 is 1.11 bits per heavy atom. The Morgan fingerprint density at radius 3 is 2.49 bits per heavy atom. The second-order valence-electron chi connectivity index (χ2n) is 8.85. The lowest BCUT2D eigenvalue weighted by molar-refractivity contribution is 0.387. The molecule has 3 heterocycles. The molecule has 1 aliphatic heterocycles. The average Bonchev–Trinajstić information content (AvgIpc) is 3.56. The summed E-state index contributed by atoms with van der Waals surface area (Å²) in [6.07, 6.45) is 13.7. The summed E-state index contributed by atoms with van der Waals surface area (Å²) in [5.41, 5.74) is 10.2. The summed E-state index contributed by atoms with van der Waals surface area (Å²) in [4.78, 5) is 14.5. The van der Waals surface area contributed by atoms with Crippen LogP contribution in [-0.2, 0) is 25.8 Å². The van der Waals surface area contributed by atoms with Crippen molar-refractivity contribution in [2.75, 3.05) is 13.6 Å². The van der Waals surface area contributed by atoms with E-state index in [4.69, 9.17) is 5.10 Å². The van der Waals surface area contributed by atoms with Gasteiger partial charge in [-0.05, 0) is 36.1 Å². The molecule has 0 bridgehead atoms. The number of benzene rings is 1. The predicted molar refractivity (Wildman–Crippen MR) is 157 cm³/mol. The van der Waals surface area contributed by atoms with Crippen molar-refractivity contribution in [2.45, 2.75) is 39.7 Å². The van der Waals surface area contributed by atoms with Gasteiger partial charge in [-0.1, -0.05) is 70.0 Å². The van der Waals surface area contributed by atoms with Gasteiger partial charge < -0.3 is 9.88 Å². The zero-order chi connectivity index (χ0) is 26.4. The number of fused-ring (bicyclic) bond motifs is 1. The average molecular weight is 493 g/mol. The molecule has 0 saturated carbocycles. The van der Waals surface area contributed by atoms with Crippen molar-refractivity contribution < 1.29 is 0 Å². The predicted octanol–water partition coefficient (Wildman–Crippen LogP) is 6.19. The first kappa shape index (κ1) is 25.9. The number of H-pyrrole nitrogens is 1. The van der Waals surface area contributed by atoms with Gasteiger partial charge in [-0.15, -0.1) is 0 Å². The lowest BCUT2D eigenvalue weighted by Crippen LogP contribution is -2.35. The van der Waals surface area contributed by atoms with Crippen molar-refractivity contribution in [3.63, 3.8) is 0 Å². The fourth-order valence-electron chi connectivity index (χ4n) is 5.07. The number of para-hydroxylation sites is 1. The van der Waals surface area contributed by atoms with E-state index in [1.54, 1.807) is 19.3 Å². The van der Waals surface area contributed by atoms with Crippen LogP contribution in [0.2, 0.25) is 0 Å². The molecular weight excluding hydrogens is 456 g/mol. The molecule has 4 rings (SSSR count). The van der Waals surface area contributed by atoms with E-state index in [9.17, 15) is 0 Å². The maximum absolute atomic E-state index is 5.27. The molecule has 1 N–H and O–H groups in total. The van der Waals surface area contributed by atoms with E-state index in [-0.39, 0.29) is 0 Å². The highest BCUT2D eigenvalue weighted by Gasteiger charge is 2.30. The SMILES string of the molecule is C=CC=NC(=NC)N1CCc2nn(-c3c(CC)cccc3CC)c(/C(=C/C=C)c3cc[nH]c3C=C)c2C1. The van der Waals surface area contributed by atoms with Crippen molar-refractivity contribution in [3.05, 3.63) is 108 Å². The smallest absolute Gasteiger partial charge is 0.220 e. The van der Waals surface area contributed by atoms with Gasteiger partial charge in [-0.25, -0.2) is 9.67 Å². The molecule has 0 unspecified atom stereocenters. The third-order valence-corrected chi connectivity index (χ3v) is 6.80. The summed E-state index contributed by atoms with van der Waals surface area (Å²) < 4.78 is 2.18. The van der Waals surface area contributed by atoms with E-state index in [0.717, 1.165) is 54.0 Å². The van der Waals surface area contributed by atoms with Crippen LogP contribution in [0.4, 0.5) is 0 Å². The minimum Gasteiger partial charge on any atom is -0.361 e. The Balaban J connectivity index is 2.02. The van der Waals surface area contributed by atoms with Crippen LogP contribution in [0.25, 0.3) is 17.3 Å². The van der Waals surface area contributed by atoms with Crippen LogP contribution in [0.5, 0.6) is 0 Å². The molecule has 0 saturated heterocycles. The standard InChI is InChI=1S/C31H36N6/c1-7-13-25(24-16-19-33-27(24)11-5)30-26-21-36(31(32-6)34-18-8-2)20-17-28(26)35-37(30)29-22(9-3)14-12-15-23(29)10-4/h7-8,11-16,18-19,33H,1-2,5,9-10,17,20-21H2,3-4,6H3/b25-13+,32-31?,34-18?. The first-order valence-corrected chi connectivity index (χ1v) is 12.8. The van der Waals surface area contributed by atoms with Crippen molar-refractivity contribution in [1.29, 1.82) is 0 Å². The highest BCUT2D eigenvalue weighted by molar-refractivity contribution is 5.91. The number of aromatic nitrogens is 3. The quantitative estimate of drug-likeness (QED) is 0.232. The molecule has 1 aliphatic rings. The number of hydrogen-bond donors (Lipinski definition) is 1. The molecule has 190 valence electrons. The number of nitrogens with zero attached hydrogens (tertiary/aromatic N) is 5. The zero-order valence-electron chi connectivity index (χ0n) is 22.2. The van der Waals surface area contributed by atoms with E-state index in [1.165, 1.54) is 22.4 Å². The van der Waals surface area contributed by atoms with Crippen LogP contribution in [0, 0.1) is 0 Å². The molecule has 0 spiro atoms. The van der Waals surface area contributed by atoms with Crippen LogP contribution in [-0.4, -0.2) is 45.4 Å². The highest BCUT2D eigenvalue weighted by Crippen LogP contribution is 2.37. The summed E-state index contributed by atoms with van der Waals surface area (Å²) in [5, 5.41) is 5.27. The number of aromatic amines is 1. The summed E-state index contributed by atoms with van der Waals surface area (Å²) in [5.74, 6) is 0.690. The van der Waals surface area contributed by atoms with Gasteiger partial charge in [0.2, 0.25) is 5.96 Å². The Kier molecular flexibility index (Phi) is 8.18. The second-order valence-corrected chi connectivity index (χ2v) is 8.85. The van der Waals surface area contributed by atoms with Gasteiger partial charge in [-0.3, -0.25) is 4.99 Å². The topological polar surface area (TPSA) is 61.6 Å². The Labute approximate surface area is 220 Å². The number of rotatable bonds is 8. The van der Waals surface area contributed by atoms with Gasteiger partial charge in [-0.2, -0.15) is 5.10 Å². The van der Waals surface area contributed by atoms with Crippen molar-refractivity contribution in [3.8, 4) is 5.69 Å². The van der Waals surface area contributed by atoms with E-state index < -0.39 is 0 Å². The van der Waals surface area contributed by atoms with Crippen LogP contribution < -0.4 is 0 Å². The monoisotopic (exact) mass is 492 g/mol. The van der Waals surface area contributed by atoms with Gasteiger partial charge >= 0.3 is 0 Å².